The van der Waals surface area contributed by atoms with Gasteiger partial charge in [0.15, 0.2) is 0 Å². The molecule has 92 valence electrons. The lowest BCUT2D eigenvalue weighted by Crippen LogP contribution is -1.92. The van der Waals surface area contributed by atoms with Crippen LogP contribution in [0.25, 0.3) is 10.4 Å². The molecule has 2 rings (SSSR count). The molecule has 0 saturated carbocycles. The van der Waals surface area contributed by atoms with Crippen LogP contribution in [0.3, 0.4) is 0 Å². The largest absolute Gasteiger partial charge is 0.304 e. The molecule has 0 spiro atoms. The molecule has 0 atom stereocenters. The van der Waals surface area contributed by atoms with E-state index in [1.54, 1.807) is 6.07 Å². The molecule has 0 unspecified atom stereocenters. The Morgan fingerprint density at radius 2 is 1.83 bits per heavy atom. The van der Waals surface area contributed by atoms with Crippen LogP contribution in [0.1, 0.15) is 5.56 Å². The second-order valence-electron chi connectivity index (χ2n) is 3.63. The molecule has 4 nitrogen and oxygen atoms in total. The van der Waals surface area contributed by atoms with E-state index in [-0.39, 0.29) is 4.21 Å². The van der Waals surface area contributed by atoms with Crippen molar-refractivity contribution in [3.8, 4) is 16.5 Å². The molecule has 0 amide bonds. The van der Waals surface area contributed by atoms with Crippen LogP contribution in [0.4, 0.5) is 0 Å². The highest BCUT2D eigenvalue weighted by atomic mass is 32.3. The van der Waals surface area contributed by atoms with Gasteiger partial charge < -0.3 is 0 Å². The zero-order chi connectivity index (χ0) is 13.2. The summed E-state index contributed by atoms with van der Waals surface area (Å²) in [5, 5.41) is 8.56. The van der Waals surface area contributed by atoms with Crippen LogP contribution in [0.2, 0.25) is 0 Å². The van der Waals surface area contributed by atoms with Crippen molar-refractivity contribution in [3.63, 3.8) is 0 Å². The van der Waals surface area contributed by atoms with Crippen molar-refractivity contribution >= 4 is 21.5 Å². The topological polar surface area (TPSA) is 78.2 Å². The molecule has 0 aliphatic carbocycles. The Bertz CT molecular complexity index is 694. The van der Waals surface area contributed by atoms with Crippen molar-refractivity contribution in [2.75, 3.05) is 0 Å². The molecule has 6 heteroatoms. The maximum atomic E-state index is 10.9. The van der Waals surface area contributed by atoms with Gasteiger partial charge in [-0.25, -0.2) is 0 Å². The van der Waals surface area contributed by atoms with Gasteiger partial charge in [0.05, 0.1) is 12.5 Å². The summed E-state index contributed by atoms with van der Waals surface area (Å²) in [5.41, 5.74) is 1.77. The summed E-state index contributed by atoms with van der Waals surface area (Å²) in [6.45, 7) is 0. The molecule has 0 aliphatic heterocycles. The Kier molecular flexibility index (Phi) is 3.48. The number of hydrogen-bond acceptors (Lipinski definition) is 4. The van der Waals surface area contributed by atoms with Gasteiger partial charge in [-0.15, -0.1) is 11.3 Å². The number of hydrogen-bond donors (Lipinski definition) is 1. The molecule has 0 bridgehead atoms. The lowest BCUT2D eigenvalue weighted by Gasteiger charge is -1.98. The summed E-state index contributed by atoms with van der Waals surface area (Å²) >= 11 is 1.01. The minimum Gasteiger partial charge on any atom is -0.281 e. The fourth-order valence-corrected chi connectivity index (χ4v) is 3.17. The molecule has 0 aliphatic rings. The van der Waals surface area contributed by atoms with Crippen molar-refractivity contribution in [2.24, 2.45) is 0 Å². The average molecular weight is 279 g/mol. The molecular formula is C12H9NO3S2. The first-order chi connectivity index (χ1) is 8.50. The summed E-state index contributed by atoms with van der Waals surface area (Å²) < 4.78 is 30.7. The fourth-order valence-electron chi connectivity index (χ4n) is 1.49. The number of nitrogens with zero attached hydrogens (tertiary/aromatic N) is 1. The average Bonchev–Trinajstić information content (AvgIpc) is 2.79. The molecule has 1 N–H and O–H groups in total. The highest BCUT2D eigenvalue weighted by molar-refractivity contribution is 7.88. The maximum absolute atomic E-state index is 10.9. The first-order valence-corrected chi connectivity index (χ1v) is 7.30. The van der Waals surface area contributed by atoms with E-state index in [2.05, 4.69) is 6.07 Å². The van der Waals surface area contributed by atoms with Gasteiger partial charge in [0.2, 0.25) is 0 Å². The maximum Gasteiger partial charge on any atom is 0.304 e. The van der Waals surface area contributed by atoms with Gasteiger partial charge in [0, 0.05) is 4.88 Å². The molecule has 0 saturated heterocycles. The predicted molar refractivity (Wildman–Crippen MR) is 68.9 cm³/mol. The minimum atomic E-state index is -4.13. The molecule has 18 heavy (non-hydrogen) atoms. The van der Waals surface area contributed by atoms with Gasteiger partial charge in [-0.05, 0) is 23.3 Å². The van der Waals surface area contributed by atoms with Crippen LogP contribution < -0.4 is 0 Å². The third kappa shape index (κ3) is 2.76. The lowest BCUT2D eigenvalue weighted by molar-refractivity contribution is 0.485. The zero-order valence-electron chi connectivity index (χ0n) is 9.20. The van der Waals surface area contributed by atoms with Crippen LogP contribution in [-0.2, 0) is 16.5 Å². The third-order valence-electron chi connectivity index (χ3n) is 2.36. The molecule has 2 aromatic rings. The summed E-state index contributed by atoms with van der Waals surface area (Å²) in [5.74, 6) is 0. The summed E-state index contributed by atoms with van der Waals surface area (Å²) in [4.78, 5) is 0.756. The van der Waals surface area contributed by atoms with Crippen LogP contribution >= 0.6 is 11.3 Å². The van der Waals surface area contributed by atoms with Gasteiger partial charge in [-0.1, -0.05) is 24.3 Å². The van der Waals surface area contributed by atoms with Gasteiger partial charge >= 0.3 is 10.1 Å². The monoisotopic (exact) mass is 279 g/mol. The summed E-state index contributed by atoms with van der Waals surface area (Å²) in [6, 6.07) is 12.4. The van der Waals surface area contributed by atoms with Crippen molar-refractivity contribution in [3.05, 3.63) is 42.0 Å². The number of thiophene rings is 1. The number of rotatable bonds is 3. The lowest BCUT2D eigenvalue weighted by atomic mass is 10.1. The quantitative estimate of drug-likeness (QED) is 0.876. The first-order valence-electron chi connectivity index (χ1n) is 5.04. The Labute approximate surface area is 109 Å². The fraction of sp³-hybridized carbons (Fsp3) is 0.0833. The van der Waals surface area contributed by atoms with Gasteiger partial charge in [-0.3, -0.25) is 4.55 Å². The third-order valence-corrected chi connectivity index (χ3v) is 4.81. The Morgan fingerprint density at radius 1 is 1.17 bits per heavy atom. The Morgan fingerprint density at radius 3 is 2.33 bits per heavy atom. The Hall–Kier alpha value is -1.68. The molecule has 0 fully saturated rings. The van der Waals surface area contributed by atoms with E-state index in [1.165, 1.54) is 6.07 Å². The smallest absolute Gasteiger partial charge is 0.281 e. The highest BCUT2D eigenvalue weighted by Crippen LogP contribution is 2.30. The van der Waals surface area contributed by atoms with Crippen LogP contribution in [0, 0.1) is 11.3 Å². The second-order valence-corrected chi connectivity index (χ2v) is 6.36. The van der Waals surface area contributed by atoms with Crippen LogP contribution in [-0.4, -0.2) is 13.0 Å². The van der Waals surface area contributed by atoms with Crippen molar-refractivity contribution in [1.29, 1.82) is 5.26 Å². The minimum absolute atomic E-state index is 0.0707. The van der Waals surface area contributed by atoms with Crippen molar-refractivity contribution in [1.82, 2.24) is 0 Å². The predicted octanol–water partition coefficient (Wildman–Crippen LogP) is 2.73. The summed E-state index contributed by atoms with van der Waals surface area (Å²) in [6.07, 6.45) is 0.348. The normalized spacial score (nSPS) is 11.1. The summed E-state index contributed by atoms with van der Waals surface area (Å²) in [7, 11) is -4.13. The van der Waals surface area contributed by atoms with E-state index in [9.17, 15) is 8.42 Å². The molecule has 1 aromatic carbocycles. The molecule has 0 radical (unpaired) electrons. The molecule has 1 aromatic heterocycles. The van der Waals surface area contributed by atoms with Crippen molar-refractivity contribution < 1.29 is 13.0 Å². The number of nitriles is 1. The Balaban J connectivity index is 2.32. The molecule has 1 heterocycles. The standard InChI is InChI=1S/C12H9NO3S2/c13-8-7-9-1-3-10(4-2-9)11-5-6-12(17-11)18(14,15)16/h1-6H,7H2,(H,14,15,16). The van der Waals surface area contributed by atoms with E-state index in [0.29, 0.717) is 6.42 Å². The van der Waals surface area contributed by atoms with Crippen LogP contribution in [0.15, 0.2) is 40.6 Å². The first kappa shape index (κ1) is 12.8. The molecular weight excluding hydrogens is 270 g/mol. The van der Waals surface area contributed by atoms with E-state index < -0.39 is 10.1 Å². The van der Waals surface area contributed by atoms with Crippen LogP contribution in [0.5, 0.6) is 0 Å². The zero-order valence-corrected chi connectivity index (χ0v) is 10.8. The van der Waals surface area contributed by atoms with E-state index >= 15 is 0 Å². The number of benzene rings is 1. The second kappa shape index (κ2) is 4.90. The van der Waals surface area contributed by atoms with Gasteiger partial charge in [0.1, 0.15) is 4.21 Å². The van der Waals surface area contributed by atoms with Gasteiger partial charge in [0.25, 0.3) is 0 Å². The van der Waals surface area contributed by atoms with E-state index in [4.69, 9.17) is 9.81 Å². The van der Waals surface area contributed by atoms with E-state index in [1.807, 2.05) is 24.3 Å². The van der Waals surface area contributed by atoms with E-state index in [0.717, 1.165) is 27.3 Å². The SMILES string of the molecule is N#CCc1ccc(-c2ccc(S(=O)(=O)O)s2)cc1. The van der Waals surface area contributed by atoms with Gasteiger partial charge in [-0.2, -0.15) is 13.7 Å². The van der Waals surface area contributed by atoms with Crippen molar-refractivity contribution in [2.45, 2.75) is 10.6 Å². The highest BCUT2D eigenvalue weighted by Gasteiger charge is 2.13.